The number of amides is 1. The van der Waals surface area contributed by atoms with Gasteiger partial charge in [-0.25, -0.2) is 0 Å². The van der Waals surface area contributed by atoms with Gasteiger partial charge in [-0.2, -0.15) is 0 Å². The summed E-state index contributed by atoms with van der Waals surface area (Å²) in [5, 5.41) is 0.716. The lowest BCUT2D eigenvalue weighted by atomic mass is 10.2. The van der Waals surface area contributed by atoms with Gasteiger partial charge in [0.05, 0.1) is 6.54 Å². The Morgan fingerprint density at radius 2 is 1.76 bits per heavy atom. The van der Waals surface area contributed by atoms with Crippen molar-refractivity contribution in [3.63, 3.8) is 0 Å². The summed E-state index contributed by atoms with van der Waals surface area (Å²) in [5.41, 5.74) is 2.00. The maximum Gasteiger partial charge on any atom is 0.240 e. The Morgan fingerprint density at radius 1 is 1.05 bits per heavy atom. The second kappa shape index (κ2) is 7.25. The number of likely N-dealkylation sites (N-methyl/N-ethyl adjacent to an activating group) is 2. The van der Waals surface area contributed by atoms with Crippen LogP contribution in [0.3, 0.4) is 0 Å². The predicted molar refractivity (Wildman–Crippen MR) is 87.6 cm³/mol. The van der Waals surface area contributed by atoms with Gasteiger partial charge in [-0.1, -0.05) is 41.9 Å². The van der Waals surface area contributed by atoms with E-state index >= 15 is 0 Å². The second-order valence-electron chi connectivity index (χ2n) is 5.09. The van der Waals surface area contributed by atoms with Crippen LogP contribution in [0.2, 0.25) is 5.02 Å². The van der Waals surface area contributed by atoms with Gasteiger partial charge in [0.2, 0.25) is 5.91 Å². The first-order chi connectivity index (χ1) is 10.1. The van der Waals surface area contributed by atoms with Crippen LogP contribution >= 0.6 is 11.6 Å². The van der Waals surface area contributed by atoms with Crippen LogP contribution in [0.15, 0.2) is 54.6 Å². The number of hydrogen-bond acceptors (Lipinski definition) is 2. The summed E-state index contributed by atoms with van der Waals surface area (Å²) in [4.78, 5) is 15.9. The molecule has 3 nitrogen and oxygen atoms in total. The molecule has 110 valence electrons. The molecule has 0 fully saturated rings. The summed E-state index contributed by atoms with van der Waals surface area (Å²) >= 11 is 5.97. The van der Waals surface area contributed by atoms with E-state index < -0.39 is 0 Å². The highest BCUT2D eigenvalue weighted by Crippen LogP contribution is 2.14. The van der Waals surface area contributed by atoms with Gasteiger partial charge in [0.15, 0.2) is 0 Å². The number of anilines is 1. The molecule has 0 radical (unpaired) electrons. The first kappa shape index (κ1) is 15.5. The Hall–Kier alpha value is -1.84. The minimum absolute atomic E-state index is 0.0609. The van der Waals surface area contributed by atoms with E-state index in [1.54, 1.807) is 11.9 Å². The molecule has 1 amide bonds. The molecule has 4 heteroatoms. The summed E-state index contributed by atoms with van der Waals surface area (Å²) in [5.74, 6) is 0.0609. The van der Waals surface area contributed by atoms with Crippen molar-refractivity contribution >= 4 is 23.2 Å². The molecule has 2 aromatic carbocycles. The highest BCUT2D eigenvalue weighted by Gasteiger charge is 2.13. The molecular formula is C17H19ClN2O. The number of carbonyl (C=O) groups is 1. The largest absolute Gasteiger partial charge is 0.314 e. The maximum absolute atomic E-state index is 12.3. The van der Waals surface area contributed by atoms with E-state index in [2.05, 4.69) is 0 Å². The number of halogens is 1. The average molecular weight is 303 g/mol. The monoisotopic (exact) mass is 302 g/mol. The molecule has 0 heterocycles. The molecule has 0 spiro atoms. The van der Waals surface area contributed by atoms with E-state index in [0.29, 0.717) is 18.1 Å². The van der Waals surface area contributed by atoms with Gasteiger partial charge in [-0.05, 0) is 36.9 Å². The first-order valence-corrected chi connectivity index (χ1v) is 7.18. The molecule has 0 aliphatic heterocycles. The smallest absolute Gasteiger partial charge is 0.240 e. The fraction of sp³-hybridized carbons (Fsp3) is 0.235. The fourth-order valence-corrected chi connectivity index (χ4v) is 2.35. The highest BCUT2D eigenvalue weighted by molar-refractivity contribution is 6.30. The lowest BCUT2D eigenvalue weighted by Gasteiger charge is -2.22. The molecule has 0 saturated carbocycles. The number of benzene rings is 2. The lowest BCUT2D eigenvalue weighted by Crippen LogP contribution is -2.36. The fourth-order valence-electron chi connectivity index (χ4n) is 2.14. The van der Waals surface area contributed by atoms with Gasteiger partial charge in [0.1, 0.15) is 0 Å². The van der Waals surface area contributed by atoms with Gasteiger partial charge in [0.25, 0.3) is 0 Å². The zero-order valence-corrected chi connectivity index (χ0v) is 13.0. The Bertz CT molecular complexity index is 601. The van der Waals surface area contributed by atoms with Crippen molar-refractivity contribution in [3.8, 4) is 0 Å². The van der Waals surface area contributed by atoms with Gasteiger partial charge in [-0.3, -0.25) is 9.69 Å². The van der Waals surface area contributed by atoms with Crippen LogP contribution in [0.5, 0.6) is 0 Å². The molecule has 0 unspecified atom stereocenters. The van der Waals surface area contributed by atoms with E-state index in [0.717, 1.165) is 11.3 Å². The molecule has 0 aromatic heterocycles. The summed E-state index contributed by atoms with van der Waals surface area (Å²) < 4.78 is 0. The number of nitrogens with zero attached hydrogens (tertiary/aromatic N) is 2. The molecule has 21 heavy (non-hydrogen) atoms. The molecule has 2 aromatic rings. The van der Waals surface area contributed by atoms with Gasteiger partial charge >= 0.3 is 0 Å². The third kappa shape index (κ3) is 4.59. The van der Waals surface area contributed by atoms with Gasteiger partial charge in [0, 0.05) is 24.3 Å². The van der Waals surface area contributed by atoms with Crippen LogP contribution in [-0.4, -0.2) is 31.4 Å². The van der Waals surface area contributed by atoms with Crippen LogP contribution in [0.4, 0.5) is 5.69 Å². The lowest BCUT2D eigenvalue weighted by molar-refractivity contribution is -0.119. The highest BCUT2D eigenvalue weighted by atomic mass is 35.5. The third-order valence-electron chi connectivity index (χ3n) is 3.26. The quantitative estimate of drug-likeness (QED) is 0.845. The van der Waals surface area contributed by atoms with E-state index in [1.807, 2.05) is 66.5 Å². The standard InChI is InChI=1S/C17H19ClN2O/c1-19(12-14-7-6-8-15(18)11-14)13-17(21)20(2)16-9-4-3-5-10-16/h3-11H,12-13H2,1-2H3. The summed E-state index contributed by atoms with van der Waals surface area (Å²) in [7, 11) is 3.72. The molecule has 0 N–H and O–H groups in total. The van der Waals surface area contributed by atoms with Crippen LogP contribution in [0.1, 0.15) is 5.56 Å². The average Bonchev–Trinajstić information content (AvgIpc) is 2.47. The van der Waals surface area contributed by atoms with Gasteiger partial charge in [-0.15, -0.1) is 0 Å². The zero-order chi connectivity index (χ0) is 15.2. The molecule has 0 bridgehead atoms. The Morgan fingerprint density at radius 3 is 2.43 bits per heavy atom. The molecule has 2 rings (SSSR count). The predicted octanol–water partition coefficient (Wildman–Crippen LogP) is 3.43. The van der Waals surface area contributed by atoms with Crippen molar-refractivity contribution in [3.05, 3.63) is 65.2 Å². The normalized spacial score (nSPS) is 10.7. The van der Waals surface area contributed by atoms with Crippen molar-refractivity contribution in [2.75, 3.05) is 25.5 Å². The molecule has 0 saturated heterocycles. The topological polar surface area (TPSA) is 23.6 Å². The van der Waals surface area contributed by atoms with Crippen molar-refractivity contribution < 1.29 is 4.79 Å². The number of carbonyl (C=O) groups excluding carboxylic acids is 1. The summed E-state index contributed by atoms with van der Waals surface area (Å²) in [6, 6.07) is 17.3. The summed E-state index contributed by atoms with van der Waals surface area (Å²) in [6.07, 6.45) is 0. The molecule has 0 aliphatic rings. The van der Waals surface area contributed by atoms with Gasteiger partial charge < -0.3 is 4.90 Å². The SMILES string of the molecule is CN(CC(=O)N(C)c1ccccc1)Cc1cccc(Cl)c1. The van der Waals surface area contributed by atoms with Crippen molar-refractivity contribution in [2.24, 2.45) is 0 Å². The van der Waals surface area contributed by atoms with Crippen LogP contribution in [0, 0.1) is 0 Å². The van der Waals surface area contributed by atoms with Crippen LogP contribution in [-0.2, 0) is 11.3 Å². The van der Waals surface area contributed by atoms with Crippen molar-refractivity contribution in [1.29, 1.82) is 0 Å². The van der Waals surface area contributed by atoms with E-state index in [9.17, 15) is 4.79 Å². The first-order valence-electron chi connectivity index (χ1n) is 6.81. The molecular weight excluding hydrogens is 284 g/mol. The van der Waals surface area contributed by atoms with Crippen LogP contribution < -0.4 is 4.90 Å². The Labute approximate surface area is 130 Å². The maximum atomic E-state index is 12.3. The minimum atomic E-state index is 0.0609. The van der Waals surface area contributed by atoms with Crippen molar-refractivity contribution in [1.82, 2.24) is 4.90 Å². The minimum Gasteiger partial charge on any atom is -0.314 e. The van der Waals surface area contributed by atoms with Crippen molar-refractivity contribution in [2.45, 2.75) is 6.54 Å². The number of rotatable bonds is 5. The van der Waals surface area contributed by atoms with E-state index in [-0.39, 0.29) is 5.91 Å². The third-order valence-corrected chi connectivity index (χ3v) is 3.50. The number of hydrogen-bond donors (Lipinski definition) is 0. The number of para-hydroxylation sites is 1. The molecule has 0 atom stereocenters. The Balaban J connectivity index is 1.93. The van der Waals surface area contributed by atoms with Crippen LogP contribution in [0.25, 0.3) is 0 Å². The molecule has 0 aliphatic carbocycles. The second-order valence-corrected chi connectivity index (χ2v) is 5.53. The summed E-state index contributed by atoms with van der Waals surface area (Å²) in [6.45, 7) is 1.05. The van der Waals surface area contributed by atoms with E-state index in [1.165, 1.54) is 0 Å². The Kier molecular flexibility index (Phi) is 5.37. The van der Waals surface area contributed by atoms with E-state index in [4.69, 9.17) is 11.6 Å². The zero-order valence-electron chi connectivity index (χ0n) is 12.3.